The van der Waals surface area contributed by atoms with Gasteiger partial charge in [-0.25, -0.2) is 0 Å². The average Bonchev–Trinajstić information content (AvgIpc) is 2.72. The van der Waals surface area contributed by atoms with E-state index in [4.69, 9.17) is 9.84 Å². The number of hydrogen-bond donors (Lipinski definition) is 3. The van der Waals surface area contributed by atoms with E-state index in [1.807, 2.05) is 30.3 Å². The smallest absolute Gasteiger partial charge is 0.307 e. The average molecular weight is 549 g/mol. The fourth-order valence-electron chi connectivity index (χ4n) is 2.93. The summed E-state index contributed by atoms with van der Waals surface area (Å²) in [6, 6.07) is 17.5. The third-order valence-electron chi connectivity index (χ3n) is 4.39. The number of benzene rings is 3. The first-order chi connectivity index (χ1) is 14.8. The zero-order chi connectivity index (χ0) is 22.4. The maximum absolute atomic E-state index is 12.5. The van der Waals surface area contributed by atoms with E-state index in [1.54, 1.807) is 18.2 Å². The van der Waals surface area contributed by atoms with Gasteiger partial charge in [-0.1, -0.05) is 30.3 Å². The molecule has 0 spiro atoms. The van der Waals surface area contributed by atoms with Crippen LogP contribution in [-0.4, -0.2) is 28.6 Å². The molecule has 8 heteroatoms. The Morgan fingerprint density at radius 3 is 2.26 bits per heavy atom. The van der Waals surface area contributed by atoms with Crippen molar-refractivity contribution in [3.63, 3.8) is 0 Å². The van der Waals surface area contributed by atoms with Crippen molar-refractivity contribution in [3.8, 4) is 17.2 Å². The van der Waals surface area contributed by atoms with Crippen LogP contribution in [0.1, 0.15) is 21.5 Å². The standard InChI is InChI=1S/C23H19Br2NO5/c24-18-10-15(12-21(28)29)11-19(25)22(18)31-16-6-7-20(27)17(13-16)23(30)26-9-8-14-4-2-1-3-5-14/h1-7,10-11,13,27H,8-9,12H2,(H,26,30)(H,28,29). The number of rotatable bonds is 8. The van der Waals surface area contributed by atoms with Crippen LogP contribution in [0.15, 0.2) is 69.6 Å². The van der Waals surface area contributed by atoms with Gasteiger partial charge >= 0.3 is 5.97 Å². The lowest BCUT2D eigenvalue weighted by Gasteiger charge is -2.13. The van der Waals surface area contributed by atoms with Crippen molar-refractivity contribution in [2.45, 2.75) is 12.8 Å². The molecule has 3 aromatic carbocycles. The van der Waals surface area contributed by atoms with Gasteiger partial charge in [-0.2, -0.15) is 0 Å². The first kappa shape index (κ1) is 22.8. The number of carbonyl (C=O) groups excluding carboxylic acids is 1. The zero-order valence-corrected chi connectivity index (χ0v) is 19.4. The van der Waals surface area contributed by atoms with E-state index in [-0.39, 0.29) is 17.7 Å². The summed E-state index contributed by atoms with van der Waals surface area (Å²) in [6.07, 6.45) is 0.552. The van der Waals surface area contributed by atoms with E-state index in [1.165, 1.54) is 12.1 Å². The lowest BCUT2D eigenvalue weighted by Crippen LogP contribution is -2.25. The second kappa shape index (κ2) is 10.5. The first-order valence-corrected chi connectivity index (χ1v) is 10.9. The summed E-state index contributed by atoms with van der Waals surface area (Å²) in [7, 11) is 0. The number of carboxylic acids is 1. The van der Waals surface area contributed by atoms with Crippen molar-refractivity contribution in [3.05, 3.63) is 86.3 Å². The number of hydrogen-bond acceptors (Lipinski definition) is 4. The predicted molar refractivity (Wildman–Crippen MR) is 124 cm³/mol. The number of halogens is 2. The van der Waals surface area contributed by atoms with Crippen molar-refractivity contribution in [1.82, 2.24) is 5.32 Å². The molecule has 6 nitrogen and oxygen atoms in total. The van der Waals surface area contributed by atoms with E-state index in [2.05, 4.69) is 37.2 Å². The summed E-state index contributed by atoms with van der Waals surface area (Å²) in [5.74, 6) is -0.726. The van der Waals surface area contributed by atoms with Crippen LogP contribution < -0.4 is 10.1 Å². The summed E-state index contributed by atoms with van der Waals surface area (Å²) >= 11 is 6.77. The van der Waals surface area contributed by atoms with Gasteiger partial charge < -0.3 is 20.3 Å². The molecule has 3 N–H and O–H groups in total. The van der Waals surface area contributed by atoms with E-state index >= 15 is 0 Å². The van der Waals surface area contributed by atoms with Crippen molar-refractivity contribution in [2.75, 3.05) is 6.54 Å². The van der Waals surface area contributed by atoms with Crippen LogP contribution >= 0.6 is 31.9 Å². The summed E-state index contributed by atoms with van der Waals surface area (Å²) in [6.45, 7) is 0.426. The highest BCUT2D eigenvalue weighted by Gasteiger charge is 2.16. The molecule has 3 rings (SSSR count). The predicted octanol–water partition coefficient (Wildman–Crippen LogP) is 5.31. The molecular formula is C23H19Br2NO5. The summed E-state index contributed by atoms with van der Waals surface area (Å²) in [5.41, 5.74) is 1.80. The third-order valence-corrected chi connectivity index (χ3v) is 5.57. The molecule has 0 aliphatic carbocycles. The fourth-order valence-corrected chi connectivity index (χ4v) is 4.37. The normalized spacial score (nSPS) is 10.5. The Morgan fingerprint density at radius 2 is 1.61 bits per heavy atom. The molecule has 31 heavy (non-hydrogen) atoms. The molecular weight excluding hydrogens is 530 g/mol. The highest BCUT2D eigenvalue weighted by atomic mass is 79.9. The SMILES string of the molecule is O=C(O)Cc1cc(Br)c(Oc2ccc(O)c(C(=O)NCCc3ccccc3)c2)c(Br)c1. The molecule has 0 saturated carbocycles. The largest absolute Gasteiger partial charge is 0.507 e. The zero-order valence-electron chi connectivity index (χ0n) is 16.3. The molecule has 3 aromatic rings. The summed E-state index contributed by atoms with van der Waals surface area (Å²) in [4.78, 5) is 23.5. The molecule has 0 aromatic heterocycles. The van der Waals surface area contributed by atoms with Gasteiger partial charge in [0, 0.05) is 6.54 Å². The number of carboxylic acid groups (broad SMARTS) is 1. The van der Waals surface area contributed by atoms with Gasteiger partial charge in [0.05, 0.1) is 20.9 Å². The Bertz CT molecular complexity index is 1080. The van der Waals surface area contributed by atoms with Crippen LogP contribution in [-0.2, 0) is 17.6 Å². The van der Waals surface area contributed by atoms with Crippen LogP contribution in [0.25, 0.3) is 0 Å². The Kier molecular flexibility index (Phi) is 7.70. The first-order valence-electron chi connectivity index (χ1n) is 9.36. The molecule has 0 aliphatic rings. The van der Waals surface area contributed by atoms with Crippen molar-refractivity contribution < 1.29 is 24.5 Å². The van der Waals surface area contributed by atoms with E-state index < -0.39 is 11.9 Å². The number of amides is 1. The van der Waals surface area contributed by atoms with Crippen LogP contribution in [0, 0.1) is 0 Å². The number of aliphatic carboxylic acids is 1. The maximum Gasteiger partial charge on any atom is 0.307 e. The van der Waals surface area contributed by atoms with E-state index in [0.29, 0.717) is 39.0 Å². The molecule has 0 heterocycles. The summed E-state index contributed by atoms with van der Waals surface area (Å²) in [5, 5.41) is 21.9. The summed E-state index contributed by atoms with van der Waals surface area (Å²) < 4.78 is 7.00. The number of carbonyl (C=O) groups is 2. The Morgan fingerprint density at radius 1 is 0.935 bits per heavy atom. The monoisotopic (exact) mass is 547 g/mol. The van der Waals surface area contributed by atoms with Crippen LogP contribution in [0.5, 0.6) is 17.2 Å². The Labute approximate surface area is 196 Å². The molecule has 0 unspecified atom stereocenters. The van der Waals surface area contributed by atoms with Crippen LogP contribution in [0.3, 0.4) is 0 Å². The van der Waals surface area contributed by atoms with Gasteiger partial charge in [-0.15, -0.1) is 0 Å². The Hall–Kier alpha value is -2.84. The van der Waals surface area contributed by atoms with Crippen LogP contribution in [0.2, 0.25) is 0 Å². The minimum atomic E-state index is -0.936. The number of phenols is 1. The van der Waals surface area contributed by atoms with Crippen molar-refractivity contribution >= 4 is 43.7 Å². The van der Waals surface area contributed by atoms with Gasteiger partial charge in [0.2, 0.25) is 0 Å². The fraction of sp³-hybridized carbons (Fsp3) is 0.130. The molecule has 0 aliphatic heterocycles. The number of nitrogens with one attached hydrogen (secondary N) is 1. The van der Waals surface area contributed by atoms with E-state index in [0.717, 1.165) is 5.56 Å². The van der Waals surface area contributed by atoms with Gasteiger partial charge in [-0.05, 0) is 79.7 Å². The Balaban J connectivity index is 1.72. The number of aromatic hydroxyl groups is 1. The number of ether oxygens (including phenoxy) is 1. The molecule has 0 bridgehead atoms. The second-order valence-corrected chi connectivity index (χ2v) is 8.44. The molecule has 0 saturated heterocycles. The second-order valence-electron chi connectivity index (χ2n) is 6.73. The molecule has 0 radical (unpaired) electrons. The number of phenolic OH excluding ortho intramolecular Hbond substituents is 1. The molecule has 0 atom stereocenters. The highest BCUT2D eigenvalue weighted by Crippen LogP contribution is 2.38. The third kappa shape index (κ3) is 6.32. The van der Waals surface area contributed by atoms with Gasteiger partial charge in [-0.3, -0.25) is 9.59 Å². The lowest BCUT2D eigenvalue weighted by atomic mass is 10.1. The highest BCUT2D eigenvalue weighted by molar-refractivity contribution is 9.11. The minimum absolute atomic E-state index is 0.0975. The van der Waals surface area contributed by atoms with Gasteiger partial charge in [0.25, 0.3) is 5.91 Å². The van der Waals surface area contributed by atoms with Crippen molar-refractivity contribution in [2.24, 2.45) is 0 Å². The topological polar surface area (TPSA) is 95.9 Å². The van der Waals surface area contributed by atoms with Gasteiger partial charge in [0.15, 0.2) is 5.75 Å². The van der Waals surface area contributed by atoms with Crippen molar-refractivity contribution in [1.29, 1.82) is 0 Å². The maximum atomic E-state index is 12.5. The lowest BCUT2D eigenvalue weighted by molar-refractivity contribution is -0.136. The van der Waals surface area contributed by atoms with Crippen LogP contribution in [0.4, 0.5) is 0 Å². The minimum Gasteiger partial charge on any atom is -0.507 e. The molecule has 1 amide bonds. The quantitative estimate of drug-likeness (QED) is 0.354. The molecule has 0 fully saturated rings. The van der Waals surface area contributed by atoms with E-state index in [9.17, 15) is 14.7 Å². The van der Waals surface area contributed by atoms with Gasteiger partial charge in [0.1, 0.15) is 11.5 Å². The molecule has 160 valence electrons.